The van der Waals surface area contributed by atoms with Crippen molar-refractivity contribution in [2.24, 2.45) is 5.73 Å². The van der Waals surface area contributed by atoms with Crippen molar-refractivity contribution in [2.75, 3.05) is 0 Å². The van der Waals surface area contributed by atoms with E-state index in [9.17, 15) is 18.0 Å². The standard InChI is InChI=1S/C17H12F3N3O/c18-17(19,20)13-9-22-10-23-14(13)6-5-11-3-1-2-4-12(11)16(7-8-16)15(21)24/h1-4,9-10H,7-8H2,(H2,21,24). The first-order valence-electron chi connectivity index (χ1n) is 7.13. The fourth-order valence-electron chi connectivity index (χ4n) is 2.55. The molecule has 2 N–H and O–H groups in total. The number of amides is 1. The summed E-state index contributed by atoms with van der Waals surface area (Å²) >= 11 is 0. The molecule has 0 spiro atoms. The number of carbonyl (C=O) groups is 1. The molecule has 1 heterocycles. The molecule has 4 nitrogen and oxygen atoms in total. The highest BCUT2D eigenvalue weighted by Gasteiger charge is 2.50. The second-order valence-corrected chi connectivity index (χ2v) is 5.52. The van der Waals surface area contributed by atoms with E-state index < -0.39 is 28.8 Å². The number of benzene rings is 1. The van der Waals surface area contributed by atoms with Crippen LogP contribution in [0.1, 0.15) is 35.2 Å². The van der Waals surface area contributed by atoms with Crippen molar-refractivity contribution >= 4 is 5.91 Å². The first-order chi connectivity index (χ1) is 11.3. The van der Waals surface area contributed by atoms with Crippen LogP contribution in [-0.4, -0.2) is 15.9 Å². The van der Waals surface area contributed by atoms with Crippen LogP contribution in [0.5, 0.6) is 0 Å². The van der Waals surface area contributed by atoms with Crippen LogP contribution in [0, 0.1) is 11.8 Å². The molecule has 0 radical (unpaired) electrons. The van der Waals surface area contributed by atoms with E-state index in [0.29, 0.717) is 30.2 Å². The highest BCUT2D eigenvalue weighted by atomic mass is 19.4. The summed E-state index contributed by atoms with van der Waals surface area (Å²) in [5.74, 6) is 4.69. The summed E-state index contributed by atoms with van der Waals surface area (Å²) in [5, 5.41) is 0. The Kier molecular flexibility index (Phi) is 3.76. The van der Waals surface area contributed by atoms with Crippen LogP contribution in [0.25, 0.3) is 0 Å². The number of hydrogen-bond acceptors (Lipinski definition) is 3. The SMILES string of the molecule is NC(=O)C1(c2ccccc2C#Cc2ncncc2C(F)(F)F)CC1. The number of nitrogens with zero attached hydrogens (tertiary/aromatic N) is 2. The van der Waals surface area contributed by atoms with Gasteiger partial charge in [0.25, 0.3) is 0 Å². The topological polar surface area (TPSA) is 68.9 Å². The normalized spacial score (nSPS) is 15.3. The minimum absolute atomic E-state index is 0.406. The Labute approximate surface area is 135 Å². The van der Waals surface area contributed by atoms with Gasteiger partial charge < -0.3 is 5.73 Å². The molecule has 0 saturated heterocycles. The Morgan fingerprint density at radius 3 is 2.54 bits per heavy atom. The number of rotatable bonds is 2. The predicted molar refractivity (Wildman–Crippen MR) is 79.6 cm³/mol. The van der Waals surface area contributed by atoms with E-state index in [2.05, 4.69) is 21.8 Å². The van der Waals surface area contributed by atoms with Gasteiger partial charge in [-0.25, -0.2) is 9.97 Å². The van der Waals surface area contributed by atoms with Gasteiger partial charge in [0, 0.05) is 11.8 Å². The fraction of sp³-hybridized carbons (Fsp3) is 0.235. The van der Waals surface area contributed by atoms with E-state index in [1.54, 1.807) is 24.3 Å². The van der Waals surface area contributed by atoms with Crippen LogP contribution in [0.4, 0.5) is 13.2 Å². The summed E-state index contributed by atoms with van der Waals surface area (Å²) in [7, 11) is 0. The van der Waals surface area contributed by atoms with Gasteiger partial charge >= 0.3 is 6.18 Å². The van der Waals surface area contributed by atoms with Gasteiger partial charge in [0.1, 0.15) is 17.6 Å². The maximum Gasteiger partial charge on any atom is 0.420 e. The molecular weight excluding hydrogens is 319 g/mol. The lowest BCUT2D eigenvalue weighted by atomic mass is 9.91. The van der Waals surface area contributed by atoms with Crippen molar-refractivity contribution < 1.29 is 18.0 Å². The lowest BCUT2D eigenvalue weighted by Gasteiger charge is -2.13. The van der Waals surface area contributed by atoms with Crippen molar-refractivity contribution in [1.29, 1.82) is 0 Å². The van der Waals surface area contributed by atoms with Crippen molar-refractivity contribution in [3.8, 4) is 11.8 Å². The number of aromatic nitrogens is 2. The molecule has 0 unspecified atom stereocenters. The Morgan fingerprint density at radius 1 is 1.21 bits per heavy atom. The van der Waals surface area contributed by atoms with E-state index in [4.69, 9.17) is 5.73 Å². The number of hydrogen-bond donors (Lipinski definition) is 1. The van der Waals surface area contributed by atoms with Gasteiger partial charge in [0.15, 0.2) is 0 Å². The third-order valence-corrected chi connectivity index (χ3v) is 4.00. The number of nitrogens with two attached hydrogens (primary N) is 1. The third-order valence-electron chi connectivity index (χ3n) is 4.00. The van der Waals surface area contributed by atoms with Crippen molar-refractivity contribution in [3.05, 3.63) is 59.2 Å². The number of halogens is 3. The maximum absolute atomic E-state index is 12.9. The largest absolute Gasteiger partial charge is 0.420 e. The summed E-state index contributed by atoms with van der Waals surface area (Å²) in [4.78, 5) is 18.7. The quantitative estimate of drug-likeness (QED) is 0.859. The molecule has 1 saturated carbocycles. The Hall–Kier alpha value is -2.88. The number of alkyl halides is 3. The van der Waals surface area contributed by atoms with Crippen LogP contribution < -0.4 is 5.73 Å². The van der Waals surface area contributed by atoms with Crippen molar-refractivity contribution in [1.82, 2.24) is 9.97 Å². The second kappa shape index (κ2) is 5.64. The number of carbonyl (C=O) groups excluding carboxylic acids is 1. The first kappa shape index (κ1) is 16.0. The molecule has 122 valence electrons. The molecule has 0 bridgehead atoms. The van der Waals surface area contributed by atoms with Crippen LogP contribution in [-0.2, 0) is 16.4 Å². The van der Waals surface area contributed by atoms with Crippen LogP contribution in [0.2, 0.25) is 0 Å². The molecular formula is C17H12F3N3O. The van der Waals surface area contributed by atoms with Gasteiger partial charge in [-0.05, 0) is 30.4 Å². The average molecular weight is 331 g/mol. The fourth-order valence-corrected chi connectivity index (χ4v) is 2.55. The molecule has 1 fully saturated rings. The van der Waals surface area contributed by atoms with Gasteiger partial charge in [-0.2, -0.15) is 13.2 Å². The molecule has 1 aliphatic rings. The van der Waals surface area contributed by atoms with E-state index >= 15 is 0 Å². The van der Waals surface area contributed by atoms with Gasteiger partial charge in [-0.3, -0.25) is 4.79 Å². The summed E-state index contributed by atoms with van der Waals surface area (Å²) in [6.07, 6.45) is -1.66. The first-order valence-corrected chi connectivity index (χ1v) is 7.13. The van der Waals surface area contributed by atoms with E-state index in [1.807, 2.05) is 0 Å². The summed E-state index contributed by atoms with van der Waals surface area (Å²) in [5.41, 5.74) is 4.42. The Balaban J connectivity index is 2.05. The second-order valence-electron chi connectivity index (χ2n) is 5.52. The van der Waals surface area contributed by atoms with Crippen LogP contribution in [0.3, 0.4) is 0 Å². The molecule has 0 aliphatic heterocycles. The monoisotopic (exact) mass is 331 g/mol. The van der Waals surface area contributed by atoms with Crippen LogP contribution in [0.15, 0.2) is 36.8 Å². The average Bonchev–Trinajstić information content (AvgIpc) is 3.34. The molecule has 2 aromatic rings. The predicted octanol–water partition coefficient (Wildman–Crippen LogP) is 2.41. The molecule has 7 heteroatoms. The van der Waals surface area contributed by atoms with E-state index in [0.717, 1.165) is 6.33 Å². The Morgan fingerprint density at radius 2 is 1.92 bits per heavy atom. The molecule has 1 aliphatic carbocycles. The lowest BCUT2D eigenvalue weighted by Crippen LogP contribution is -2.29. The molecule has 1 amide bonds. The highest BCUT2D eigenvalue weighted by Crippen LogP contribution is 2.48. The van der Waals surface area contributed by atoms with Gasteiger partial charge in [0.05, 0.1) is 5.41 Å². The lowest BCUT2D eigenvalue weighted by molar-refractivity contribution is -0.138. The van der Waals surface area contributed by atoms with Crippen molar-refractivity contribution in [2.45, 2.75) is 24.4 Å². The zero-order chi connectivity index (χ0) is 17.4. The summed E-state index contributed by atoms with van der Waals surface area (Å²) in [6, 6.07) is 6.83. The zero-order valence-electron chi connectivity index (χ0n) is 12.4. The highest BCUT2D eigenvalue weighted by molar-refractivity contribution is 5.90. The molecule has 1 aromatic carbocycles. The minimum Gasteiger partial charge on any atom is -0.369 e. The summed E-state index contributed by atoms with van der Waals surface area (Å²) < 4.78 is 38.8. The zero-order valence-corrected chi connectivity index (χ0v) is 12.4. The maximum atomic E-state index is 12.9. The molecule has 3 rings (SSSR count). The van der Waals surface area contributed by atoms with E-state index in [-0.39, 0.29) is 0 Å². The van der Waals surface area contributed by atoms with Gasteiger partial charge in [0.2, 0.25) is 5.91 Å². The van der Waals surface area contributed by atoms with Crippen LogP contribution >= 0.6 is 0 Å². The molecule has 0 atom stereocenters. The number of primary amides is 1. The van der Waals surface area contributed by atoms with Gasteiger partial charge in [-0.1, -0.05) is 24.1 Å². The minimum atomic E-state index is -4.59. The van der Waals surface area contributed by atoms with Crippen molar-refractivity contribution in [3.63, 3.8) is 0 Å². The molecule has 1 aromatic heterocycles. The van der Waals surface area contributed by atoms with E-state index in [1.165, 1.54) is 0 Å². The smallest absolute Gasteiger partial charge is 0.369 e. The summed E-state index contributed by atoms with van der Waals surface area (Å²) in [6.45, 7) is 0. The van der Waals surface area contributed by atoms with Gasteiger partial charge in [-0.15, -0.1) is 0 Å². The third kappa shape index (κ3) is 2.83. The molecule has 24 heavy (non-hydrogen) atoms. The Bertz CT molecular complexity index is 861.